The van der Waals surface area contributed by atoms with Gasteiger partial charge in [-0.2, -0.15) is 0 Å². The smallest absolute Gasteiger partial charge is 0.338 e. The molecule has 2 aromatic rings. The van der Waals surface area contributed by atoms with Gasteiger partial charge in [-0.05, 0) is 74.2 Å². The molecule has 0 saturated heterocycles. The van der Waals surface area contributed by atoms with Crippen LogP contribution in [-0.2, 0) is 14.3 Å². The average Bonchev–Trinajstić information content (AvgIpc) is 2.71. The molecule has 0 aliphatic rings. The van der Waals surface area contributed by atoms with Crippen LogP contribution in [0, 0.1) is 0 Å². The third-order valence-corrected chi connectivity index (χ3v) is 3.85. The zero-order valence-electron chi connectivity index (χ0n) is 15.6. The molecular weight excluding hydrogens is 360 g/mol. The van der Waals surface area contributed by atoms with E-state index in [1.54, 1.807) is 36.4 Å². The molecule has 0 heterocycles. The van der Waals surface area contributed by atoms with Gasteiger partial charge in [-0.25, -0.2) is 9.59 Å². The van der Waals surface area contributed by atoms with E-state index < -0.39 is 5.97 Å². The van der Waals surface area contributed by atoms with E-state index in [4.69, 9.17) is 14.2 Å². The molecule has 0 amide bonds. The summed E-state index contributed by atoms with van der Waals surface area (Å²) in [5.74, 6) is 0.554. The van der Waals surface area contributed by atoms with E-state index in [2.05, 4.69) is 6.58 Å². The molecule has 148 valence electrons. The Morgan fingerprint density at radius 1 is 0.821 bits per heavy atom. The second-order valence-electron chi connectivity index (χ2n) is 6.04. The number of phenolic OH excluding ortho intramolecular Hbond substituents is 1. The largest absolute Gasteiger partial charge is 0.508 e. The van der Waals surface area contributed by atoms with Gasteiger partial charge >= 0.3 is 11.9 Å². The summed E-state index contributed by atoms with van der Waals surface area (Å²) in [5, 5.41) is 9.26. The third kappa shape index (κ3) is 7.53. The molecular formula is C22H24O6. The molecule has 0 unspecified atom stereocenters. The quantitative estimate of drug-likeness (QED) is 0.345. The average molecular weight is 384 g/mol. The van der Waals surface area contributed by atoms with Crippen LogP contribution >= 0.6 is 0 Å². The minimum Gasteiger partial charge on any atom is -0.508 e. The Balaban J connectivity index is 1.64. The van der Waals surface area contributed by atoms with E-state index in [0.717, 1.165) is 31.8 Å². The highest BCUT2D eigenvalue weighted by atomic mass is 16.5. The van der Waals surface area contributed by atoms with E-state index in [9.17, 15) is 14.7 Å². The number of hydrogen-bond acceptors (Lipinski definition) is 6. The fourth-order valence-electron chi connectivity index (χ4n) is 2.35. The van der Waals surface area contributed by atoms with Crippen molar-refractivity contribution >= 4 is 11.9 Å². The van der Waals surface area contributed by atoms with Gasteiger partial charge in [-0.3, -0.25) is 0 Å². The molecule has 2 aromatic carbocycles. The van der Waals surface area contributed by atoms with Gasteiger partial charge in [0.05, 0.1) is 18.8 Å². The summed E-state index contributed by atoms with van der Waals surface area (Å²) in [7, 11) is 0. The number of hydrogen-bond donors (Lipinski definition) is 1. The minimum atomic E-state index is -0.409. The Kier molecular flexibility index (Phi) is 8.59. The van der Waals surface area contributed by atoms with Crippen LogP contribution in [-0.4, -0.2) is 30.3 Å². The molecule has 28 heavy (non-hydrogen) atoms. The van der Waals surface area contributed by atoms with E-state index in [-0.39, 0.29) is 11.7 Å². The van der Waals surface area contributed by atoms with E-state index in [1.807, 2.05) is 0 Å². The highest BCUT2D eigenvalue weighted by Gasteiger charge is 2.07. The van der Waals surface area contributed by atoms with Crippen molar-refractivity contribution in [2.75, 3.05) is 13.2 Å². The van der Waals surface area contributed by atoms with Crippen molar-refractivity contribution < 1.29 is 28.9 Å². The van der Waals surface area contributed by atoms with Gasteiger partial charge in [0.25, 0.3) is 0 Å². The Morgan fingerprint density at radius 3 is 1.93 bits per heavy atom. The molecule has 0 fully saturated rings. The third-order valence-electron chi connectivity index (χ3n) is 3.85. The fourth-order valence-corrected chi connectivity index (χ4v) is 2.35. The maximum absolute atomic E-state index is 12.0. The van der Waals surface area contributed by atoms with Crippen LogP contribution in [0.2, 0.25) is 0 Å². The summed E-state index contributed by atoms with van der Waals surface area (Å²) < 4.78 is 15.8. The van der Waals surface area contributed by atoms with Crippen molar-refractivity contribution in [3.63, 3.8) is 0 Å². The predicted molar refractivity (Wildman–Crippen MR) is 105 cm³/mol. The normalized spacial score (nSPS) is 10.1. The molecule has 0 saturated carbocycles. The molecule has 0 bridgehead atoms. The second-order valence-corrected chi connectivity index (χ2v) is 6.04. The highest BCUT2D eigenvalue weighted by Crippen LogP contribution is 2.23. The van der Waals surface area contributed by atoms with Gasteiger partial charge in [-0.1, -0.05) is 6.58 Å². The van der Waals surface area contributed by atoms with Gasteiger partial charge in [0.1, 0.15) is 17.2 Å². The SMILES string of the molecule is C=CC(=O)OCCCCCCOC(=O)c1ccc(Oc2ccc(O)cc2)cc1. The van der Waals surface area contributed by atoms with Crippen molar-refractivity contribution in [1.29, 1.82) is 0 Å². The Labute approximate surface area is 164 Å². The Hall–Kier alpha value is -3.28. The standard InChI is InChI=1S/C22H24O6/c1-2-21(24)26-15-5-3-4-6-16-27-22(25)17-7-11-19(12-8-17)28-20-13-9-18(23)10-14-20/h2,7-14,23H,1,3-6,15-16H2. The number of esters is 2. The van der Waals surface area contributed by atoms with Gasteiger partial charge in [0, 0.05) is 6.08 Å². The maximum atomic E-state index is 12.0. The second kappa shape index (κ2) is 11.4. The molecule has 0 radical (unpaired) electrons. The summed E-state index contributed by atoms with van der Waals surface area (Å²) in [5.41, 5.74) is 0.453. The van der Waals surface area contributed by atoms with Crippen molar-refractivity contribution in [2.45, 2.75) is 25.7 Å². The zero-order chi connectivity index (χ0) is 20.2. The topological polar surface area (TPSA) is 82.1 Å². The number of benzene rings is 2. The summed E-state index contributed by atoms with van der Waals surface area (Å²) >= 11 is 0. The van der Waals surface area contributed by atoms with Crippen LogP contribution in [0.25, 0.3) is 0 Å². The van der Waals surface area contributed by atoms with Crippen LogP contribution in [0.4, 0.5) is 0 Å². The molecule has 6 heteroatoms. The van der Waals surface area contributed by atoms with Crippen molar-refractivity contribution in [2.24, 2.45) is 0 Å². The van der Waals surface area contributed by atoms with E-state index in [0.29, 0.717) is 30.3 Å². The highest BCUT2D eigenvalue weighted by molar-refractivity contribution is 5.89. The summed E-state index contributed by atoms with van der Waals surface area (Å²) in [4.78, 5) is 22.9. The molecule has 1 N–H and O–H groups in total. The number of aromatic hydroxyl groups is 1. The monoisotopic (exact) mass is 384 g/mol. The van der Waals surface area contributed by atoms with E-state index in [1.165, 1.54) is 12.1 Å². The van der Waals surface area contributed by atoms with Crippen LogP contribution in [0.3, 0.4) is 0 Å². The summed E-state index contributed by atoms with van der Waals surface area (Å²) in [6.45, 7) is 4.05. The van der Waals surface area contributed by atoms with Crippen molar-refractivity contribution in [1.82, 2.24) is 0 Å². The van der Waals surface area contributed by atoms with Gasteiger partial charge in [0.15, 0.2) is 0 Å². The zero-order valence-corrected chi connectivity index (χ0v) is 15.6. The van der Waals surface area contributed by atoms with Crippen LogP contribution in [0.15, 0.2) is 61.2 Å². The number of carbonyl (C=O) groups is 2. The van der Waals surface area contributed by atoms with E-state index >= 15 is 0 Å². The molecule has 0 aliphatic heterocycles. The first-order chi connectivity index (χ1) is 13.6. The van der Waals surface area contributed by atoms with Crippen LogP contribution in [0.5, 0.6) is 17.2 Å². The van der Waals surface area contributed by atoms with Gasteiger partial charge < -0.3 is 19.3 Å². The van der Waals surface area contributed by atoms with Crippen molar-refractivity contribution in [3.8, 4) is 17.2 Å². The first-order valence-electron chi connectivity index (χ1n) is 9.12. The van der Waals surface area contributed by atoms with Gasteiger partial charge in [-0.15, -0.1) is 0 Å². The number of carbonyl (C=O) groups excluding carboxylic acids is 2. The molecule has 6 nitrogen and oxygen atoms in total. The number of rotatable bonds is 11. The molecule has 0 aliphatic carbocycles. The molecule has 0 aromatic heterocycles. The number of phenols is 1. The first-order valence-corrected chi connectivity index (χ1v) is 9.12. The minimum absolute atomic E-state index is 0.168. The Morgan fingerprint density at radius 2 is 1.36 bits per heavy atom. The lowest BCUT2D eigenvalue weighted by Crippen LogP contribution is -2.06. The lowest BCUT2D eigenvalue weighted by molar-refractivity contribution is -0.137. The molecule has 0 spiro atoms. The lowest BCUT2D eigenvalue weighted by atomic mass is 10.2. The van der Waals surface area contributed by atoms with Crippen LogP contribution in [0.1, 0.15) is 36.0 Å². The number of unbranched alkanes of at least 4 members (excludes halogenated alkanes) is 3. The lowest BCUT2D eigenvalue weighted by Gasteiger charge is -2.08. The van der Waals surface area contributed by atoms with Gasteiger partial charge in [0.2, 0.25) is 0 Å². The number of ether oxygens (including phenoxy) is 3. The first kappa shape index (κ1) is 21.0. The summed E-state index contributed by atoms with van der Waals surface area (Å²) in [6.07, 6.45) is 4.45. The maximum Gasteiger partial charge on any atom is 0.338 e. The van der Waals surface area contributed by atoms with Crippen molar-refractivity contribution in [3.05, 3.63) is 66.7 Å². The summed E-state index contributed by atoms with van der Waals surface area (Å²) in [6, 6.07) is 13.0. The fraction of sp³-hybridized carbons (Fsp3) is 0.273. The van der Waals surface area contributed by atoms with Crippen LogP contribution < -0.4 is 4.74 Å². The molecule has 2 rings (SSSR count). The molecule has 0 atom stereocenters. The Bertz CT molecular complexity index is 765. The predicted octanol–water partition coefficient (Wildman–Crippen LogP) is 4.63.